The Morgan fingerprint density at radius 1 is 0.947 bits per heavy atom. The summed E-state index contributed by atoms with van der Waals surface area (Å²) < 4.78 is 7.37. The molecule has 4 aromatic rings. The molecule has 7 heteroatoms. The quantitative estimate of drug-likeness (QED) is 0.361. The smallest absolute Gasteiger partial charge is 0.224 e. The third-order valence-electron chi connectivity index (χ3n) is 7.66. The molecule has 0 bridgehead atoms. The molecule has 1 aliphatic rings. The summed E-state index contributed by atoms with van der Waals surface area (Å²) in [4.78, 5) is 20.2. The van der Waals surface area contributed by atoms with Gasteiger partial charge < -0.3 is 10.1 Å². The predicted octanol–water partition coefficient (Wildman–Crippen LogP) is 5.37. The van der Waals surface area contributed by atoms with Gasteiger partial charge in [-0.25, -0.2) is 9.67 Å². The molecule has 3 heterocycles. The highest BCUT2D eigenvalue weighted by Gasteiger charge is 2.18. The Balaban J connectivity index is 1.27. The number of carbonyl (C=O) groups is 1. The number of aryl methyl sites for hydroxylation is 5. The Kier molecular flexibility index (Phi) is 7.58. The zero-order valence-corrected chi connectivity index (χ0v) is 23.1. The number of rotatable bonds is 7. The van der Waals surface area contributed by atoms with Crippen LogP contribution in [0.15, 0.2) is 42.5 Å². The lowest BCUT2D eigenvalue weighted by Crippen LogP contribution is -2.35. The van der Waals surface area contributed by atoms with Crippen molar-refractivity contribution in [2.24, 2.45) is 0 Å². The highest BCUT2D eigenvalue weighted by atomic mass is 16.5. The van der Waals surface area contributed by atoms with Gasteiger partial charge in [0.15, 0.2) is 5.65 Å². The number of anilines is 1. The van der Waals surface area contributed by atoms with Crippen LogP contribution in [0.5, 0.6) is 0 Å². The van der Waals surface area contributed by atoms with Crippen LogP contribution in [-0.4, -0.2) is 51.9 Å². The lowest BCUT2D eigenvalue weighted by Gasteiger charge is -2.26. The van der Waals surface area contributed by atoms with Gasteiger partial charge in [0.05, 0.1) is 24.6 Å². The van der Waals surface area contributed by atoms with Crippen molar-refractivity contribution < 1.29 is 9.53 Å². The number of morpholine rings is 1. The number of amides is 1. The number of nitrogens with one attached hydrogen (secondary N) is 1. The number of carbonyl (C=O) groups excluding carboxylic acids is 1. The molecule has 2 aromatic heterocycles. The van der Waals surface area contributed by atoms with Gasteiger partial charge in [-0.3, -0.25) is 9.69 Å². The number of hydrogen-bond acceptors (Lipinski definition) is 5. The van der Waals surface area contributed by atoms with Crippen molar-refractivity contribution in [2.75, 3.05) is 31.6 Å². The molecule has 1 fully saturated rings. The van der Waals surface area contributed by atoms with Crippen molar-refractivity contribution in [1.29, 1.82) is 0 Å². The predicted molar refractivity (Wildman–Crippen MR) is 152 cm³/mol. The van der Waals surface area contributed by atoms with E-state index in [-0.39, 0.29) is 5.91 Å². The van der Waals surface area contributed by atoms with Gasteiger partial charge in [-0.1, -0.05) is 18.2 Å². The summed E-state index contributed by atoms with van der Waals surface area (Å²) in [6, 6.07) is 14.5. The van der Waals surface area contributed by atoms with Crippen LogP contribution in [0.3, 0.4) is 0 Å². The molecule has 0 radical (unpaired) electrons. The van der Waals surface area contributed by atoms with Gasteiger partial charge in [0.25, 0.3) is 0 Å². The van der Waals surface area contributed by atoms with Gasteiger partial charge in [-0.2, -0.15) is 5.10 Å². The molecule has 0 spiro atoms. The highest BCUT2D eigenvalue weighted by molar-refractivity contribution is 5.91. The minimum atomic E-state index is 0.00683. The number of pyridine rings is 1. The Bertz CT molecular complexity index is 1470. The molecular weight excluding hydrogens is 474 g/mol. The van der Waals surface area contributed by atoms with Crippen molar-refractivity contribution in [1.82, 2.24) is 19.7 Å². The van der Waals surface area contributed by atoms with E-state index in [1.165, 1.54) is 16.7 Å². The van der Waals surface area contributed by atoms with Crippen LogP contribution >= 0.6 is 0 Å². The molecule has 0 atom stereocenters. The average molecular weight is 512 g/mol. The number of benzene rings is 2. The lowest BCUT2D eigenvalue weighted by atomic mass is 9.99. The van der Waals surface area contributed by atoms with Crippen molar-refractivity contribution in [3.05, 3.63) is 81.7 Å². The maximum absolute atomic E-state index is 12.8. The Morgan fingerprint density at radius 2 is 1.68 bits per heavy atom. The van der Waals surface area contributed by atoms with Crippen molar-refractivity contribution in [2.45, 2.75) is 54.0 Å². The van der Waals surface area contributed by atoms with Gasteiger partial charge in [0, 0.05) is 42.8 Å². The third-order valence-corrected chi connectivity index (χ3v) is 7.66. The molecule has 1 amide bonds. The molecule has 0 unspecified atom stereocenters. The maximum atomic E-state index is 12.8. The SMILES string of the molecule is Cc1ccc(-n2nc(C)c3c(C)c(CCC(=O)Nc4ccc(CN5CCOCC5)cc4)c(C)nc32)cc1C. The third kappa shape index (κ3) is 5.49. The van der Waals surface area contributed by atoms with Crippen LogP contribution in [0.4, 0.5) is 5.69 Å². The molecular formula is C31H37N5O2. The zero-order chi connectivity index (χ0) is 26.8. The van der Waals surface area contributed by atoms with E-state index in [2.05, 4.69) is 61.3 Å². The summed E-state index contributed by atoms with van der Waals surface area (Å²) in [6.07, 6.45) is 1.03. The van der Waals surface area contributed by atoms with Gasteiger partial charge in [0.2, 0.25) is 5.91 Å². The fourth-order valence-corrected chi connectivity index (χ4v) is 5.28. The summed E-state index contributed by atoms with van der Waals surface area (Å²) in [5.74, 6) is 0.00683. The molecule has 0 aliphatic carbocycles. The first-order valence-electron chi connectivity index (χ1n) is 13.4. The first kappa shape index (κ1) is 26.1. The molecule has 198 valence electrons. The van der Waals surface area contributed by atoms with Gasteiger partial charge in [-0.05, 0) is 93.1 Å². The zero-order valence-electron chi connectivity index (χ0n) is 23.1. The van der Waals surface area contributed by atoms with Crippen LogP contribution < -0.4 is 5.32 Å². The molecule has 1 saturated heterocycles. The summed E-state index contributed by atoms with van der Waals surface area (Å²) >= 11 is 0. The summed E-state index contributed by atoms with van der Waals surface area (Å²) in [7, 11) is 0. The first-order valence-corrected chi connectivity index (χ1v) is 13.4. The molecule has 1 aliphatic heterocycles. The first-order chi connectivity index (χ1) is 18.3. The second-order valence-electron chi connectivity index (χ2n) is 10.4. The highest BCUT2D eigenvalue weighted by Crippen LogP contribution is 2.29. The fourth-order valence-electron chi connectivity index (χ4n) is 5.28. The van der Waals surface area contributed by atoms with E-state index in [1.54, 1.807) is 0 Å². The van der Waals surface area contributed by atoms with Crippen LogP contribution in [0, 0.1) is 34.6 Å². The number of nitrogens with zero attached hydrogens (tertiary/aromatic N) is 4. The molecule has 0 saturated carbocycles. The molecule has 38 heavy (non-hydrogen) atoms. The molecule has 2 aromatic carbocycles. The van der Waals surface area contributed by atoms with Crippen LogP contribution in [-0.2, 0) is 22.5 Å². The van der Waals surface area contributed by atoms with E-state index in [4.69, 9.17) is 14.8 Å². The number of hydrogen-bond donors (Lipinski definition) is 1. The topological polar surface area (TPSA) is 72.3 Å². The molecule has 5 rings (SSSR count). The van der Waals surface area contributed by atoms with E-state index in [9.17, 15) is 4.79 Å². The minimum absolute atomic E-state index is 0.00683. The molecule has 7 nitrogen and oxygen atoms in total. The second kappa shape index (κ2) is 11.1. The normalized spacial score (nSPS) is 14.2. The maximum Gasteiger partial charge on any atom is 0.224 e. The van der Waals surface area contributed by atoms with E-state index < -0.39 is 0 Å². The molecule has 1 N–H and O–H groups in total. The van der Waals surface area contributed by atoms with Crippen LogP contribution in [0.1, 0.15) is 45.6 Å². The Hall–Kier alpha value is -3.55. The van der Waals surface area contributed by atoms with Gasteiger partial charge in [-0.15, -0.1) is 0 Å². The number of aromatic nitrogens is 3. The van der Waals surface area contributed by atoms with Crippen molar-refractivity contribution in [3.8, 4) is 5.69 Å². The minimum Gasteiger partial charge on any atom is -0.379 e. The fraction of sp³-hybridized carbons (Fsp3) is 0.387. The Labute approximate surface area is 224 Å². The Morgan fingerprint density at radius 3 is 2.39 bits per heavy atom. The van der Waals surface area contributed by atoms with E-state index >= 15 is 0 Å². The van der Waals surface area contributed by atoms with Crippen LogP contribution in [0.25, 0.3) is 16.7 Å². The number of fused-ring (bicyclic) bond motifs is 1. The monoisotopic (exact) mass is 511 g/mol. The van der Waals surface area contributed by atoms with E-state index in [0.29, 0.717) is 12.8 Å². The van der Waals surface area contributed by atoms with Gasteiger partial charge in [0.1, 0.15) is 0 Å². The van der Waals surface area contributed by atoms with Gasteiger partial charge >= 0.3 is 0 Å². The van der Waals surface area contributed by atoms with E-state index in [0.717, 1.165) is 77.8 Å². The standard InChI is InChI=1S/C31H37N5O2/c1-20-6-11-27(18-21(20)2)36-31-30(24(5)34-36)22(3)28(23(4)32-31)12-13-29(37)33-26-9-7-25(8-10-26)19-35-14-16-38-17-15-35/h6-11,18H,12-17,19H2,1-5H3,(H,33,37). The second-order valence-corrected chi connectivity index (χ2v) is 10.4. The summed E-state index contributed by atoms with van der Waals surface area (Å²) in [5, 5.41) is 8.96. The number of ether oxygens (including phenoxy) is 1. The van der Waals surface area contributed by atoms with Crippen molar-refractivity contribution in [3.63, 3.8) is 0 Å². The summed E-state index contributed by atoms with van der Waals surface area (Å²) in [5.41, 5.74) is 10.6. The largest absolute Gasteiger partial charge is 0.379 e. The summed E-state index contributed by atoms with van der Waals surface area (Å²) in [6.45, 7) is 14.8. The van der Waals surface area contributed by atoms with E-state index in [1.807, 2.05) is 30.7 Å². The van der Waals surface area contributed by atoms with Crippen molar-refractivity contribution >= 4 is 22.6 Å². The average Bonchev–Trinajstić information content (AvgIpc) is 3.23. The lowest BCUT2D eigenvalue weighted by molar-refractivity contribution is -0.116. The van der Waals surface area contributed by atoms with Crippen LogP contribution in [0.2, 0.25) is 0 Å².